The topological polar surface area (TPSA) is 50.2 Å². The van der Waals surface area contributed by atoms with Gasteiger partial charge >= 0.3 is 0 Å². The Morgan fingerprint density at radius 1 is 0.840 bits per heavy atom. The minimum Gasteiger partial charge on any atom is -0.512 e. The number of aromatic nitrogens is 1. The van der Waals surface area contributed by atoms with E-state index >= 15 is 0 Å². The molecule has 0 amide bonds. The van der Waals surface area contributed by atoms with Crippen LogP contribution in [0.2, 0.25) is 0 Å². The van der Waals surface area contributed by atoms with Crippen molar-refractivity contribution in [3.63, 3.8) is 0 Å². The van der Waals surface area contributed by atoms with Crippen molar-refractivity contribution in [1.82, 2.24) is 4.98 Å². The molecule has 0 aliphatic heterocycles. The summed E-state index contributed by atoms with van der Waals surface area (Å²) >= 11 is 0. The van der Waals surface area contributed by atoms with E-state index in [-0.39, 0.29) is 42.5 Å². The van der Waals surface area contributed by atoms with Crippen LogP contribution in [-0.4, -0.2) is 15.9 Å². The fraction of sp³-hybridized carbons (Fsp3) is 0.522. The van der Waals surface area contributed by atoms with Crippen LogP contribution in [0.15, 0.2) is 66.6 Å². The van der Waals surface area contributed by atoms with E-state index < -0.39 is 0 Å². The van der Waals surface area contributed by atoms with Gasteiger partial charge in [-0.2, -0.15) is 0 Å². The molecule has 4 heteroatoms. The summed E-state index contributed by atoms with van der Waals surface area (Å²) in [6, 6.07) is 21.7. The van der Waals surface area contributed by atoms with Gasteiger partial charge in [-0.15, -0.1) is 34.9 Å². The molecule has 1 heterocycles. The molecule has 50 heavy (non-hydrogen) atoms. The predicted molar refractivity (Wildman–Crippen MR) is 210 cm³/mol. The van der Waals surface area contributed by atoms with Crippen molar-refractivity contribution in [3.8, 4) is 11.3 Å². The second kappa shape index (κ2) is 16.2. The summed E-state index contributed by atoms with van der Waals surface area (Å²) in [7, 11) is 0. The molecule has 3 nitrogen and oxygen atoms in total. The number of aryl methyl sites for hydroxylation is 2. The second-order valence-corrected chi connectivity index (χ2v) is 17.1. The van der Waals surface area contributed by atoms with Crippen LogP contribution in [0.1, 0.15) is 137 Å². The standard InChI is InChI=1S/C31H34N.C15H28O2.Ir/c1-20-13-21(2)15-24(14-20)29-28-10-8-23-16-22(7-9-26(23)27(28)11-12-32-29)25-17-30(3,4)19-31(5,6)18-25;1-7-14(5,8-2)12(16)11-13(17)15(6,9-3)10-4;/h7-14,16,25H,17-19H2,1-6H3;11,16H,7-10H2,1-6H3;/q-1;;/b;12-11-;. The summed E-state index contributed by atoms with van der Waals surface area (Å²) < 4.78 is 0. The number of ketones is 1. The number of rotatable bonds is 9. The zero-order chi connectivity index (χ0) is 36.4. The Kier molecular flexibility index (Phi) is 13.5. The van der Waals surface area contributed by atoms with Crippen LogP contribution in [0.4, 0.5) is 0 Å². The Labute approximate surface area is 317 Å². The van der Waals surface area contributed by atoms with Gasteiger partial charge in [0.05, 0.1) is 0 Å². The Morgan fingerprint density at radius 2 is 1.42 bits per heavy atom. The average Bonchev–Trinajstić information content (AvgIpc) is 3.05. The van der Waals surface area contributed by atoms with Crippen molar-refractivity contribution in [2.24, 2.45) is 21.7 Å². The van der Waals surface area contributed by atoms with Crippen molar-refractivity contribution in [2.45, 2.75) is 134 Å². The molecule has 0 unspecified atom stereocenters. The van der Waals surface area contributed by atoms with E-state index in [2.05, 4.69) is 96.1 Å². The van der Waals surface area contributed by atoms with E-state index in [1.807, 2.05) is 47.7 Å². The smallest absolute Gasteiger partial charge is 0.164 e. The number of aliphatic hydroxyl groups excluding tert-OH is 1. The predicted octanol–water partition coefficient (Wildman–Crippen LogP) is 13.4. The van der Waals surface area contributed by atoms with E-state index in [0.717, 1.165) is 42.5 Å². The first-order valence-corrected chi connectivity index (χ1v) is 18.7. The monoisotopic (exact) mass is 853 g/mol. The fourth-order valence-electron chi connectivity index (χ4n) is 8.27. The fourth-order valence-corrected chi connectivity index (χ4v) is 8.27. The molecule has 0 atom stereocenters. The van der Waals surface area contributed by atoms with Crippen LogP contribution in [0, 0.1) is 41.6 Å². The number of pyridine rings is 1. The number of fused-ring (bicyclic) bond motifs is 3. The summed E-state index contributed by atoms with van der Waals surface area (Å²) in [5.74, 6) is 0.917. The minimum absolute atomic E-state index is 0. The number of allylic oxidation sites excluding steroid dienone is 2. The third-order valence-corrected chi connectivity index (χ3v) is 11.8. The van der Waals surface area contributed by atoms with E-state index in [4.69, 9.17) is 4.98 Å². The normalized spacial score (nSPS) is 16.4. The Morgan fingerprint density at radius 3 is 1.98 bits per heavy atom. The molecule has 1 fully saturated rings. The van der Waals surface area contributed by atoms with Crippen LogP contribution >= 0.6 is 0 Å². The first kappa shape index (κ1) is 41.6. The number of carbonyl (C=O) groups excluding carboxylic acids is 1. The first-order valence-electron chi connectivity index (χ1n) is 18.7. The molecule has 4 aromatic rings. The van der Waals surface area contributed by atoms with Crippen molar-refractivity contribution < 1.29 is 30.0 Å². The number of carbonyl (C=O) groups is 1. The molecule has 1 aliphatic carbocycles. The Bertz CT molecular complexity index is 1790. The van der Waals surface area contributed by atoms with Gasteiger partial charge in [0.15, 0.2) is 5.78 Å². The molecule has 1 saturated carbocycles. The van der Waals surface area contributed by atoms with Crippen molar-refractivity contribution in [1.29, 1.82) is 0 Å². The maximum absolute atomic E-state index is 12.2. The Hall–Kier alpha value is -2.81. The Balaban J connectivity index is 0.000000323. The maximum Gasteiger partial charge on any atom is 0.164 e. The zero-order valence-electron chi connectivity index (χ0n) is 32.9. The molecule has 1 N–H and O–H groups in total. The average molecular weight is 853 g/mol. The number of benzene rings is 3. The van der Waals surface area contributed by atoms with Gasteiger partial charge in [-0.1, -0.05) is 113 Å². The molecule has 0 spiro atoms. The van der Waals surface area contributed by atoms with E-state index in [1.165, 1.54) is 58.0 Å². The molecule has 1 aromatic heterocycles. The molecule has 5 rings (SSSR count). The number of aliphatic hydroxyl groups is 1. The van der Waals surface area contributed by atoms with Crippen LogP contribution in [0.25, 0.3) is 32.8 Å². The SMILES string of the molecule is CCC(C)(CC)C(=O)/C=C(\O)C(C)(CC)CC.Cc1[c-]c(-c2nccc3c2ccc2cc(C4CC(C)(C)CC(C)(C)C4)ccc23)cc(C)c1.[Ir]. The third kappa shape index (κ3) is 9.34. The summed E-state index contributed by atoms with van der Waals surface area (Å²) in [6.07, 6.45) is 10.5. The van der Waals surface area contributed by atoms with Crippen molar-refractivity contribution in [3.05, 3.63) is 89.3 Å². The molecular formula is C46H62IrNO2-. The largest absolute Gasteiger partial charge is 0.512 e. The van der Waals surface area contributed by atoms with Gasteiger partial charge in [0.1, 0.15) is 5.76 Å². The molecule has 1 radical (unpaired) electrons. The van der Waals surface area contributed by atoms with Gasteiger partial charge in [-0.25, -0.2) is 0 Å². The summed E-state index contributed by atoms with van der Waals surface area (Å²) in [5.41, 5.74) is 6.19. The van der Waals surface area contributed by atoms with Crippen molar-refractivity contribution in [2.75, 3.05) is 0 Å². The van der Waals surface area contributed by atoms with Gasteiger partial charge in [-0.3, -0.25) is 4.79 Å². The number of nitrogens with zero attached hydrogens (tertiary/aromatic N) is 1. The van der Waals surface area contributed by atoms with Crippen molar-refractivity contribution >= 4 is 27.3 Å². The molecular weight excluding hydrogens is 791 g/mol. The molecule has 0 bridgehead atoms. The van der Waals surface area contributed by atoms with E-state index in [9.17, 15) is 9.90 Å². The van der Waals surface area contributed by atoms with Crippen LogP contribution < -0.4 is 0 Å². The van der Waals surface area contributed by atoms with Crippen LogP contribution in [-0.2, 0) is 24.9 Å². The molecule has 3 aromatic carbocycles. The van der Waals surface area contributed by atoms with Gasteiger partial charge < -0.3 is 10.1 Å². The summed E-state index contributed by atoms with van der Waals surface area (Å²) in [4.78, 5) is 16.9. The first-order chi connectivity index (χ1) is 22.9. The van der Waals surface area contributed by atoms with Gasteiger partial charge in [0, 0.05) is 43.2 Å². The molecule has 1 aliphatic rings. The maximum atomic E-state index is 12.2. The van der Waals surface area contributed by atoms with E-state index in [0.29, 0.717) is 16.7 Å². The second-order valence-electron chi connectivity index (χ2n) is 17.1. The third-order valence-electron chi connectivity index (χ3n) is 11.8. The summed E-state index contributed by atoms with van der Waals surface area (Å²) in [5, 5.41) is 15.3. The number of hydrogen-bond donors (Lipinski definition) is 1. The van der Waals surface area contributed by atoms with Crippen LogP contribution in [0.5, 0.6) is 0 Å². The van der Waals surface area contributed by atoms with E-state index in [1.54, 1.807) is 0 Å². The zero-order valence-corrected chi connectivity index (χ0v) is 35.3. The van der Waals surface area contributed by atoms with Gasteiger partial charge in [-0.05, 0) is 101 Å². The number of hydrogen-bond acceptors (Lipinski definition) is 3. The summed E-state index contributed by atoms with van der Waals surface area (Å²) in [6.45, 7) is 26.1. The van der Waals surface area contributed by atoms with Gasteiger partial charge in [0.2, 0.25) is 0 Å². The quantitative estimate of drug-likeness (QED) is 0.0790. The molecule has 273 valence electrons. The molecule has 0 saturated heterocycles. The van der Waals surface area contributed by atoms with Gasteiger partial charge in [0.25, 0.3) is 0 Å². The van der Waals surface area contributed by atoms with Crippen LogP contribution in [0.3, 0.4) is 0 Å². The minimum atomic E-state index is -0.337.